The predicted molar refractivity (Wildman–Crippen MR) is 101 cm³/mol. The highest BCUT2D eigenvalue weighted by atomic mass is 19.1. The van der Waals surface area contributed by atoms with E-state index in [4.69, 9.17) is 11.0 Å². The lowest BCUT2D eigenvalue weighted by molar-refractivity contribution is 0.629. The fraction of sp³-hybridized carbons (Fsp3) is 0.150. The molecule has 0 aliphatic heterocycles. The topological polar surface area (TPSA) is 103 Å². The first-order valence-electron chi connectivity index (χ1n) is 8.40. The van der Waals surface area contributed by atoms with Crippen molar-refractivity contribution in [1.29, 1.82) is 10.5 Å². The second kappa shape index (κ2) is 8.03. The molecule has 0 fully saturated rings. The highest BCUT2D eigenvalue weighted by Gasteiger charge is 2.16. The summed E-state index contributed by atoms with van der Waals surface area (Å²) in [5, 5.41) is 25.6. The number of hydrogen-bond acceptors (Lipinski definition) is 5. The van der Waals surface area contributed by atoms with Crippen molar-refractivity contribution in [2.45, 2.75) is 12.8 Å². The molecule has 27 heavy (non-hydrogen) atoms. The van der Waals surface area contributed by atoms with Crippen LogP contribution in [0.2, 0.25) is 0 Å². The summed E-state index contributed by atoms with van der Waals surface area (Å²) in [4.78, 5) is 0. The van der Waals surface area contributed by atoms with Gasteiger partial charge < -0.3 is 11.1 Å². The standard InChI is InChI=1S/C20H17FN6/c21-17-11-14(12-22)8-9-19(17)25-10-4-7-18-16(13-23)20(24)27(26-18)15-5-2-1-3-6-15/h1-3,5-6,8-9,11,25H,4,7,10,24H2. The molecule has 2 aromatic carbocycles. The molecule has 0 spiro atoms. The highest BCUT2D eigenvalue weighted by molar-refractivity contribution is 5.56. The summed E-state index contributed by atoms with van der Waals surface area (Å²) in [7, 11) is 0. The van der Waals surface area contributed by atoms with Gasteiger partial charge in [0.05, 0.1) is 28.7 Å². The zero-order valence-corrected chi connectivity index (χ0v) is 14.5. The van der Waals surface area contributed by atoms with E-state index in [0.717, 1.165) is 5.69 Å². The molecule has 3 rings (SSSR count). The number of anilines is 2. The number of nitrogens with zero attached hydrogens (tertiary/aromatic N) is 4. The van der Waals surface area contributed by atoms with Gasteiger partial charge in [0, 0.05) is 6.54 Å². The van der Waals surface area contributed by atoms with Gasteiger partial charge in [-0.15, -0.1) is 0 Å². The smallest absolute Gasteiger partial charge is 0.147 e. The fourth-order valence-electron chi connectivity index (χ4n) is 2.75. The van der Waals surface area contributed by atoms with Crippen LogP contribution >= 0.6 is 0 Å². The molecular weight excluding hydrogens is 343 g/mol. The molecule has 0 aliphatic rings. The van der Waals surface area contributed by atoms with Crippen molar-refractivity contribution in [3.05, 3.63) is 71.2 Å². The minimum Gasteiger partial charge on any atom is -0.383 e. The Balaban J connectivity index is 1.67. The van der Waals surface area contributed by atoms with Crippen LogP contribution in [0.25, 0.3) is 5.69 Å². The molecule has 0 unspecified atom stereocenters. The van der Waals surface area contributed by atoms with Gasteiger partial charge in [0.25, 0.3) is 0 Å². The maximum atomic E-state index is 13.9. The lowest BCUT2D eigenvalue weighted by Gasteiger charge is -2.07. The zero-order valence-electron chi connectivity index (χ0n) is 14.5. The molecule has 3 N–H and O–H groups in total. The summed E-state index contributed by atoms with van der Waals surface area (Å²) in [6.45, 7) is 0.492. The molecule has 0 atom stereocenters. The van der Waals surface area contributed by atoms with Crippen LogP contribution in [0, 0.1) is 28.5 Å². The van der Waals surface area contributed by atoms with E-state index in [9.17, 15) is 9.65 Å². The van der Waals surface area contributed by atoms with Gasteiger partial charge in [-0.25, -0.2) is 9.07 Å². The molecule has 6 nitrogen and oxygen atoms in total. The molecule has 7 heteroatoms. The van der Waals surface area contributed by atoms with E-state index in [1.165, 1.54) is 12.1 Å². The molecule has 1 aromatic heterocycles. The summed E-state index contributed by atoms with van der Waals surface area (Å²) in [5.74, 6) is -0.158. The monoisotopic (exact) mass is 360 g/mol. The Morgan fingerprint density at radius 1 is 1.11 bits per heavy atom. The minimum absolute atomic E-state index is 0.277. The van der Waals surface area contributed by atoms with Crippen LogP contribution in [0.5, 0.6) is 0 Å². The number of aryl methyl sites for hydroxylation is 1. The van der Waals surface area contributed by atoms with Crippen LogP contribution in [0.4, 0.5) is 15.9 Å². The van der Waals surface area contributed by atoms with Crippen molar-refractivity contribution >= 4 is 11.5 Å². The first kappa shape index (κ1) is 18.0. The number of nitrogen functional groups attached to an aromatic ring is 1. The van der Waals surface area contributed by atoms with Crippen molar-refractivity contribution in [3.8, 4) is 17.8 Å². The Morgan fingerprint density at radius 2 is 1.89 bits per heavy atom. The first-order chi connectivity index (χ1) is 13.1. The Bertz CT molecular complexity index is 1030. The molecule has 0 saturated heterocycles. The molecular formula is C20H17FN6. The molecule has 0 bridgehead atoms. The van der Waals surface area contributed by atoms with Gasteiger partial charge in [-0.05, 0) is 43.2 Å². The van der Waals surface area contributed by atoms with E-state index in [2.05, 4.69) is 16.5 Å². The second-order valence-corrected chi connectivity index (χ2v) is 5.90. The Morgan fingerprint density at radius 3 is 2.56 bits per heavy atom. The molecule has 0 radical (unpaired) electrons. The van der Waals surface area contributed by atoms with E-state index < -0.39 is 5.82 Å². The molecule has 0 aliphatic carbocycles. The summed E-state index contributed by atoms with van der Waals surface area (Å²) in [5.41, 5.74) is 8.45. The van der Waals surface area contributed by atoms with Gasteiger partial charge >= 0.3 is 0 Å². The third-order valence-corrected chi connectivity index (χ3v) is 4.11. The zero-order chi connectivity index (χ0) is 19.2. The average Bonchev–Trinajstić information content (AvgIpc) is 3.02. The molecule has 3 aromatic rings. The van der Waals surface area contributed by atoms with Gasteiger partial charge in [-0.1, -0.05) is 18.2 Å². The fourth-order valence-corrected chi connectivity index (χ4v) is 2.75. The van der Waals surface area contributed by atoms with Crippen LogP contribution in [0.15, 0.2) is 48.5 Å². The quantitative estimate of drug-likeness (QED) is 0.656. The van der Waals surface area contributed by atoms with Crippen LogP contribution < -0.4 is 11.1 Å². The van der Waals surface area contributed by atoms with Crippen molar-refractivity contribution in [1.82, 2.24) is 9.78 Å². The van der Waals surface area contributed by atoms with E-state index in [0.29, 0.717) is 42.1 Å². The van der Waals surface area contributed by atoms with E-state index >= 15 is 0 Å². The van der Waals surface area contributed by atoms with Gasteiger partial charge in [-0.3, -0.25) is 0 Å². The predicted octanol–water partition coefficient (Wildman–Crippen LogP) is 3.38. The van der Waals surface area contributed by atoms with Crippen molar-refractivity contribution in [2.24, 2.45) is 0 Å². The first-order valence-corrected chi connectivity index (χ1v) is 8.40. The third kappa shape index (κ3) is 3.88. The van der Waals surface area contributed by atoms with E-state index in [-0.39, 0.29) is 5.56 Å². The molecule has 134 valence electrons. The number of halogens is 1. The Labute approximate surface area is 156 Å². The molecule has 1 heterocycles. The van der Waals surface area contributed by atoms with Crippen molar-refractivity contribution in [2.75, 3.05) is 17.6 Å². The van der Waals surface area contributed by atoms with Gasteiger partial charge in [0.1, 0.15) is 23.3 Å². The van der Waals surface area contributed by atoms with E-state index in [1.807, 2.05) is 36.4 Å². The molecule has 0 saturated carbocycles. The normalized spacial score (nSPS) is 10.2. The summed E-state index contributed by atoms with van der Waals surface area (Å²) >= 11 is 0. The average molecular weight is 360 g/mol. The summed E-state index contributed by atoms with van der Waals surface area (Å²) in [6, 6.07) is 17.7. The summed E-state index contributed by atoms with van der Waals surface area (Å²) in [6.07, 6.45) is 1.16. The SMILES string of the molecule is N#Cc1ccc(NCCCc2nn(-c3ccccc3)c(N)c2C#N)c(F)c1. The number of nitriles is 2. The lowest BCUT2D eigenvalue weighted by atomic mass is 10.1. The van der Waals surface area contributed by atoms with Crippen LogP contribution in [0.1, 0.15) is 23.2 Å². The number of rotatable bonds is 6. The second-order valence-electron chi connectivity index (χ2n) is 5.90. The largest absolute Gasteiger partial charge is 0.383 e. The highest BCUT2D eigenvalue weighted by Crippen LogP contribution is 2.21. The Hall–Kier alpha value is -3.84. The van der Waals surface area contributed by atoms with Gasteiger partial charge in [-0.2, -0.15) is 15.6 Å². The number of nitrogens with two attached hydrogens (primary N) is 1. The van der Waals surface area contributed by atoms with Crippen LogP contribution in [-0.2, 0) is 6.42 Å². The maximum absolute atomic E-state index is 13.9. The van der Waals surface area contributed by atoms with Crippen molar-refractivity contribution in [3.63, 3.8) is 0 Å². The minimum atomic E-state index is -0.468. The third-order valence-electron chi connectivity index (χ3n) is 4.11. The van der Waals surface area contributed by atoms with Crippen molar-refractivity contribution < 1.29 is 4.39 Å². The van der Waals surface area contributed by atoms with Crippen LogP contribution in [-0.4, -0.2) is 16.3 Å². The number of nitrogens with one attached hydrogen (secondary N) is 1. The van der Waals surface area contributed by atoms with Gasteiger partial charge in [0.2, 0.25) is 0 Å². The lowest BCUT2D eigenvalue weighted by Crippen LogP contribution is -2.06. The Kier molecular flexibility index (Phi) is 5.34. The number of para-hydroxylation sites is 1. The van der Waals surface area contributed by atoms with Crippen LogP contribution in [0.3, 0.4) is 0 Å². The summed E-state index contributed by atoms with van der Waals surface area (Å²) < 4.78 is 15.4. The number of hydrogen-bond donors (Lipinski definition) is 2. The number of benzene rings is 2. The van der Waals surface area contributed by atoms with E-state index in [1.54, 1.807) is 10.7 Å². The van der Waals surface area contributed by atoms with Gasteiger partial charge in [0.15, 0.2) is 0 Å². The molecule has 0 amide bonds. The maximum Gasteiger partial charge on any atom is 0.147 e. The number of aromatic nitrogens is 2.